The van der Waals surface area contributed by atoms with Crippen molar-refractivity contribution < 1.29 is 24.5 Å². The largest absolute Gasteiger partial charge is 0.478 e. The van der Waals surface area contributed by atoms with Crippen LogP contribution in [0, 0.1) is 0 Å². The predicted molar refractivity (Wildman–Crippen MR) is 76.1 cm³/mol. The summed E-state index contributed by atoms with van der Waals surface area (Å²) in [5, 5.41) is 21.2. The Bertz CT molecular complexity index is 550. The molecule has 2 rings (SSSR count). The number of rotatable bonds is 5. The van der Waals surface area contributed by atoms with Gasteiger partial charge in [-0.1, -0.05) is 6.08 Å². The summed E-state index contributed by atoms with van der Waals surface area (Å²) in [7, 11) is 0. The van der Waals surface area contributed by atoms with Crippen molar-refractivity contribution in [3.8, 4) is 0 Å². The molecule has 1 aliphatic heterocycles. The minimum atomic E-state index is -0.987. The van der Waals surface area contributed by atoms with Gasteiger partial charge < -0.3 is 20.3 Å². The number of ether oxygens (including phenoxy) is 1. The number of carbonyl (C=O) groups excluding carboxylic acids is 1. The average Bonchev–Trinajstić information content (AvgIpc) is 2.77. The molecule has 1 aromatic rings. The number of hydrogen-bond donors (Lipinski definition) is 3. The number of cyclic esters (lactones) is 1. The standard InChI is InChI=1S/C15H17NO5/c1-9(17)2-7-13-12(8-14(18)21-13)16-11-5-3-10(4-6-11)15(19)20/h2-7,9,12-13,16-17H,8H2,1H3,(H,19,20)/t9-,12+,13+/m0/s1. The number of anilines is 1. The molecule has 21 heavy (non-hydrogen) atoms. The first-order chi connectivity index (χ1) is 9.95. The molecular formula is C15H17NO5. The minimum Gasteiger partial charge on any atom is -0.478 e. The molecule has 3 atom stereocenters. The molecule has 0 saturated carbocycles. The number of benzene rings is 1. The van der Waals surface area contributed by atoms with Gasteiger partial charge >= 0.3 is 11.9 Å². The quantitative estimate of drug-likeness (QED) is 0.561. The van der Waals surface area contributed by atoms with E-state index in [2.05, 4.69) is 5.32 Å². The average molecular weight is 291 g/mol. The first kappa shape index (κ1) is 15.1. The molecule has 3 N–H and O–H groups in total. The lowest BCUT2D eigenvalue weighted by molar-refractivity contribution is -0.140. The number of hydrogen-bond acceptors (Lipinski definition) is 5. The van der Waals surface area contributed by atoms with Crippen molar-refractivity contribution >= 4 is 17.6 Å². The number of aliphatic hydroxyl groups is 1. The van der Waals surface area contributed by atoms with E-state index in [-0.39, 0.29) is 24.0 Å². The fourth-order valence-corrected chi connectivity index (χ4v) is 2.08. The zero-order chi connectivity index (χ0) is 15.4. The van der Waals surface area contributed by atoms with Crippen molar-refractivity contribution in [1.82, 2.24) is 0 Å². The van der Waals surface area contributed by atoms with Gasteiger partial charge in [-0.3, -0.25) is 4.79 Å². The van der Waals surface area contributed by atoms with E-state index in [9.17, 15) is 14.7 Å². The second-order valence-electron chi connectivity index (χ2n) is 4.92. The van der Waals surface area contributed by atoms with Gasteiger partial charge in [0.05, 0.1) is 24.1 Å². The van der Waals surface area contributed by atoms with Gasteiger partial charge in [-0.05, 0) is 37.3 Å². The molecule has 1 fully saturated rings. The van der Waals surface area contributed by atoms with Crippen molar-refractivity contribution in [2.75, 3.05) is 5.32 Å². The number of esters is 1. The molecule has 0 amide bonds. The van der Waals surface area contributed by atoms with E-state index in [1.165, 1.54) is 12.1 Å². The lowest BCUT2D eigenvalue weighted by Crippen LogP contribution is -2.27. The molecule has 0 unspecified atom stereocenters. The number of nitrogens with one attached hydrogen (secondary N) is 1. The zero-order valence-electron chi connectivity index (χ0n) is 11.5. The lowest BCUT2D eigenvalue weighted by atomic mass is 10.1. The molecule has 0 aromatic heterocycles. The molecule has 6 heteroatoms. The van der Waals surface area contributed by atoms with Crippen LogP contribution in [0.3, 0.4) is 0 Å². The molecule has 1 saturated heterocycles. The third-order valence-electron chi connectivity index (χ3n) is 3.11. The van der Waals surface area contributed by atoms with E-state index in [1.807, 2.05) is 0 Å². The Kier molecular flexibility index (Phi) is 4.59. The maximum absolute atomic E-state index is 11.4. The number of carboxylic acid groups (broad SMARTS) is 1. The topological polar surface area (TPSA) is 95.9 Å². The van der Waals surface area contributed by atoms with Crippen molar-refractivity contribution in [1.29, 1.82) is 0 Å². The van der Waals surface area contributed by atoms with E-state index in [4.69, 9.17) is 9.84 Å². The maximum Gasteiger partial charge on any atom is 0.335 e. The molecule has 1 heterocycles. The van der Waals surface area contributed by atoms with Gasteiger partial charge in [-0.2, -0.15) is 0 Å². The highest BCUT2D eigenvalue weighted by atomic mass is 16.6. The predicted octanol–water partition coefficient (Wildman–Crippen LogP) is 1.42. The van der Waals surface area contributed by atoms with Crippen LogP contribution < -0.4 is 5.32 Å². The molecule has 0 radical (unpaired) electrons. The summed E-state index contributed by atoms with van der Waals surface area (Å²) >= 11 is 0. The summed E-state index contributed by atoms with van der Waals surface area (Å²) in [4.78, 5) is 22.2. The second-order valence-corrected chi connectivity index (χ2v) is 4.92. The minimum absolute atomic E-state index is 0.199. The highest BCUT2D eigenvalue weighted by Crippen LogP contribution is 2.21. The van der Waals surface area contributed by atoms with Crippen LogP contribution in [0.25, 0.3) is 0 Å². The van der Waals surface area contributed by atoms with Crippen molar-refractivity contribution in [2.45, 2.75) is 31.6 Å². The van der Waals surface area contributed by atoms with Gasteiger partial charge in [0.15, 0.2) is 0 Å². The summed E-state index contributed by atoms with van der Waals surface area (Å²) in [6.45, 7) is 1.61. The van der Waals surface area contributed by atoms with Gasteiger partial charge in [0, 0.05) is 5.69 Å². The molecule has 0 aliphatic carbocycles. The van der Waals surface area contributed by atoms with E-state index in [1.54, 1.807) is 31.2 Å². The molecule has 0 spiro atoms. The Hall–Kier alpha value is -2.34. The van der Waals surface area contributed by atoms with Crippen LogP contribution in [-0.4, -0.2) is 40.4 Å². The van der Waals surface area contributed by atoms with Crippen LogP contribution in [0.2, 0.25) is 0 Å². The second kappa shape index (κ2) is 6.41. The van der Waals surface area contributed by atoms with Gasteiger partial charge in [0.25, 0.3) is 0 Å². The molecular weight excluding hydrogens is 274 g/mol. The fraction of sp³-hybridized carbons (Fsp3) is 0.333. The highest BCUT2D eigenvalue weighted by Gasteiger charge is 2.33. The maximum atomic E-state index is 11.4. The van der Waals surface area contributed by atoms with E-state index in [0.717, 1.165) is 0 Å². The van der Waals surface area contributed by atoms with Crippen molar-refractivity contribution in [3.63, 3.8) is 0 Å². The third-order valence-corrected chi connectivity index (χ3v) is 3.11. The number of carboxylic acids is 1. The van der Waals surface area contributed by atoms with Crippen LogP contribution >= 0.6 is 0 Å². The molecule has 1 aliphatic rings. The molecule has 6 nitrogen and oxygen atoms in total. The van der Waals surface area contributed by atoms with Gasteiger partial charge in [0.1, 0.15) is 6.10 Å². The van der Waals surface area contributed by atoms with Gasteiger partial charge in [-0.15, -0.1) is 0 Å². The van der Waals surface area contributed by atoms with Gasteiger partial charge in [-0.25, -0.2) is 4.79 Å². The Balaban J connectivity index is 2.05. The van der Waals surface area contributed by atoms with Crippen molar-refractivity contribution in [2.24, 2.45) is 0 Å². The smallest absolute Gasteiger partial charge is 0.335 e. The Morgan fingerprint density at radius 3 is 2.67 bits per heavy atom. The molecule has 1 aromatic carbocycles. The van der Waals surface area contributed by atoms with Crippen LogP contribution in [0.15, 0.2) is 36.4 Å². The van der Waals surface area contributed by atoms with Crippen LogP contribution in [0.5, 0.6) is 0 Å². The van der Waals surface area contributed by atoms with Crippen LogP contribution in [0.1, 0.15) is 23.7 Å². The lowest BCUT2D eigenvalue weighted by Gasteiger charge is -2.17. The van der Waals surface area contributed by atoms with E-state index in [0.29, 0.717) is 5.69 Å². The SMILES string of the molecule is C[C@H](O)C=C[C@H]1OC(=O)C[C@H]1Nc1ccc(C(=O)O)cc1. The van der Waals surface area contributed by atoms with E-state index >= 15 is 0 Å². The molecule has 112 valence electrons. The number of carbonyl (C=O) groups is 2. The van der Waals surface area contributed by atoms with Crippen LogP contribution in [0.4, 0.5) is 5.69 Å². The Morgan fingerprint density at radius 2 is 2.10 bits per heavy atom. The number of aliphatic hydroxyl groups excluding tert-OH is 1. The van der Waals surface area contributed by atoms with Crippen LogP contribution in [-0.2, 0) is 9.53 Å². The van der Waals surface area contributed by atoms with Gasteiger partial charge in [0.2, 0.25) is 0 Å². The first-order valence-electron chi connectivity index (χ1n) is 6.61. The normalized spacial score (nSPS) is 23.0. The Labute approximate surface area is 122 Å². The summed E-state index contributed by atoms with van der Waals surface area (Å²) in [6.07, 6.45) is 2.37. The monoisotopic (exact) mass is 291 g/mol. The Morgan fingerprint density at radius 1 is 1.43 bits per heavy atom. The summed E-state index contributed by atoms with van der Waals surface area (Å²) in [5.74, 6) is -1.30. The fourth-order valence-electron chi connectivity index (χ4n) is 2.08. The third kappa shape index (κ3) is 4.06. The van der Waals surface area contributed by atoms with Crippen molar-refractivity contribution in [3.05, 3.63) is 42.0 Å². The summed E-state index contributed by atoms with van der Waals surface area (Å²) in [6, 6.07) is 6.01. The molecule has 0 bridgehead atoms. The summed E-state index contributed by atoms with van der Waals surface area (Å²) in [5.41, 5.74) is 0.906. The number of aromatic carboxylic acids is 1. The zero-order valence-corrected chi connectivity index (χ0v) is 11.5. The highest BCUT2D eigenvalue weighted by molar-refractivity contribution is 5.88. The first-order valence-corrected chi connectivity index (χ1v) is 6.61. The summed E-state index contributed by atoms with van der Waals surface area (Å²) < 4.78 is 5.17. The van der Waals surface area contributed by atoms with E-state index < -0.39 is 18.2 Å².